The molecular weight excluding hydrogens is 277 g/mol. The Bertz CT molecular complexity index is 613. The highest BCUT2D eigenvalue weighted by atomic mass is 35.5. The van der Waals surface area contributed by atoms with Crippen molar-refractivity contribution in [2.45, 2.75) is 26.5 Å². The monoisotopic (exact) mass is 293 g/mol. The first-order chi connectivity index (χ1) is 9.47. The van der Waals surface area contributed by atoms with Crippen LogP contribution in [0.3, 0.4) is 0 Å². The Balaban J connectivity index is 2.17. The van der Waals surface area contributed by atoms with E-state index >= 15 is 0 Å². The molecule has 1 unspecified atom stereocenters. The average Bonchev–Trinajstić information content (AvgIpc) is 2.40. The normalized spacial score (nSPS) is 12.2. The van der Waals surface area contributed by atoms with E-state index < -0.39 is 5.82 Å². The largest absolute Gasteiger partial charge is 0.489 e. The van der Waals surface area contributed by atoms with Crippen LogP contribution in [0.25, 0.3) is 0 Å². The minimum absolute atomic E-state index is 0.0998. The van der Waals surface area contributed by atoms with Crippen LogP contribution in [-0.4, -0.2) is 0 Å². The lowest BCUT2D eigenvalue weighted by Gasteiger charge is -2.15. The van der Waals surface area contributed by atoms with Crippen LogP contribution in [0.4, 0.5) is 4.39 Å². The van der Waals surface area contributed by atoms with Gasteiger partial charge in [0.2, 0.25) is 0 Å². The predicted octanol–water partition coefficient (Wildman–Crippen LogP) is 4.39. The zero-order valence-corrected chi connectivity index (χ0v) is 12.2. The highest BCUT2D eigenvalue weighted by Crippen LogP contribution is 2.26. The van der Waals surface area contributed by atoms with E-state index in [1.165, 1.54) is 6.07 Å². The van der Waals surface area contributed by atoms with Gasteiger partial charge < -0.3 is 10.5 Å². The van der Waals surface area contributed by atoms with E-state index in [0.717, 1.165) is 22.4 Å². The molecule has 0 spiro atoms. The summed E-state index contributed by atoms with van der Waals surface area (Å²) in [6.45, 7) is 4.22. The van der Waals surface area contributed by atoms with Crippen LogP contribution in [0, 0.1) is 12.7 Å². The molecule has 0 aliphatic heterocycles. The van der Waals surface area contributed by atoms with Crippen molar-refractivity contribution in [3.8, 4) is 5.75 Å². The van der Waals surface area contributed by atoms with Crippen molar-refractivity contribution in [2.24, 2.45) is 5.73 Å². The molecule has 2 aromatic rings. The van der Waals surface area contributed by atoms with Crippen molar-refractivity contribution in [1.29, 1.82) is 0 Å². The van der Waals surface area contributed by atoms with E-state index in [9.17, 15) is 4.39 Å². The molecule has 0 amide bonds. The maximum absolute atomic E-state index is 13.1. The number of rotatable bonds is 4. The fourth-order valence-electron chi connectivity index (χ4n) is 1.93. The van der Waals surface area contributed by atoms with Crippen molar-refractivity contribution in [3.63, 3.8) is 0 Å². The molecule has 2 rings (SSSR count). The number of hydrogen-bond acceptors (Lipinski definition) is 2. The minimum Gasteiger partial charge on any atom is -0.489 e. The Hall–Kier alpha value is -1.58. The molecule has 0 saturated heterocycles. The summed E-state index contributed by atoms with van der Waals surface area (Å²) >= 11 is 5.75. The van der Waals surface area contributed by atoms with Crippen LogP contribution >= 0.6 is 11.6 Å². The van der Waals surface area contributed by atoms with E-state index in [4.69, 9.17) is 22.1 Å². The van der Waals surface area contributed by atoms with Gasteiger partial charge in [-0.15, -0.1) is 0 Å². The van der Waals surface area contributed by atoms with Crippen LogP contribution in [0.15, 0.2) is 36.4 Å². The lowest BCUT2D eigenvalue weighted by molar-refractivity contribution is 0.301. The topological polar surface area (TPSA) is 35.2 Å². The van der Waals surface area contributed by atoms with Gasteiger partial charge in [0.05, 0.1) is 5.02 Å². The first-order valence-corrected chi connectivity index (χ1v) is 6.78. The van der Waals surface area contributed by atoms with Gasteiger partial charge in [0.15, 0.2) is 0 Å². The Kier molecular flexibility index (Phi) is 4.63. The smallest absolute Gasteiger partial charge is 0.141 e. The maximum Gasteiger partial charge on any atom is 0.141 e. The second-order valence-electron chi connectivity index (χ2n) is 4.87. The quantitative estimate of drug-likeness (QED) is 0.907. The van der Waals surface area contributed by atoms with Gasteiger partial charge in [-0.1, -0.05) is 29.8 Å². The molecule has 4 heteroatoms. The summed E-state index contributed by atoms with van der Waals surface area (Å²) in [6.07, 6.45) is 0. The number of halogens is 2. The summed E-state index contributed by atoms with van der Waals surface area (Å²) < 4.78 is 18.9. The molecule has 0 bridgehead atoms. The Morgan fingerprint density at radius 3 is 2.65 bits per heavy atom. The molecule has 20 heavy (non-hydrogen) atoms. The van der Waals surface area contributed by atoms with E-state index in [-0.39, 0.29) is 11.1 Å². The zero-order chi connectivity index (χ0) is 14.7. The first-order valence-electron chi connectivity index (χ1n) is 6.40. The van der Waals surface area contributed by atoms with Gasteiger partial charge in [-0.2, -0.15) is 0 Å². The summed E-state index contributed by atoms with van der Waals surface area (Å²) in [7, 11) is 0. The van der Waals surface area contributed by atoms with Crippen molar-refractivity contribution < 1.29 is 9.13 Å². The molecule has 2 aromatic carbocycles. The van der Waals surface area contributed by atoms with Crippen molar-refractivity contribution in [3.05, 3.63) is 63.9 Å². The molecule has 0 aliphatic carbocycles. The standard InChI is InChI=1S/C16H17ClFNO/c1-10-3-5-13(11(2)19)16(7-10)20-9-12-4-6-15(18)14(17)8-12/h3-8,11H,9,19H2,1-2H3. The van der Waals surface area contributed by atoms with Crippen LogP contribution in [0.5, 0.6) is 5.75 Å². The number of nitrogens with two attached hydrogens (primary N) is 1. The second kappa shape index (κ2) is 6.25. The molecule has 106 valence electrons. The van der Waals surface area contributed by atoms with E-state index in [1.54, 1.807) is 12.1 Å². The molecule has 2 nitrogen and oxygen atoms in total. The van der Waals surface area contributed by atoms with Gasteiger partial charge in [-0.3, -0.25) is 0 Å². The zero-order valence-electron chi connectivity index (χ0n) is 11.5. The number of aryl methyl sites for hydroxylation is 1. The second-order valence-corrected chi connectivity index (χ2v) is 5.27. The molecule has 1 atom stereocenters. The van der Waals surface area contributed by atoms with E-state index in [1.807, 2.05) is 32.0 Å². The molecule has 0 saturated carbocycles. The molecule has 0 aromatic heterocycles. The van der Waals surface area contributed by atoms with E-state index in [0.29, 0.717) is 6.61 Å². The molecular formula is C16H17ClFNO. The summed E-state index contributed by atoms with van der Waals surface area (Å²) in [5.74, 6) is 0.322. The molecule has 2 N–H and O–H groups in total. The Morgan fingerprint density at radius 2 is 2.00 bits per heavy atom. The fraction of sp³-hybridized carbons (Fsp3) is 0.250. The molecule has 0 radical (unpaired) electrons. The number of benzene rings is 2. The summed E-state index contributed by atoms with van der Waals surface area (Å²) in [5.41, 5.74) is 8.79. The van der Waals surface area contributed by atoms with Gasteiger partial charge in [0.25, 0.3) is 0 Å². The lowest BCUT2D eigenvalue weighted by Crippen LogP contribution is -2.08. The lowest BCUT2D eigenvalue weighted by atomic mass is 10.1. The van der Waals surface area contributed by atoms with Crippen molar-refractivity contribution >= 4 is 11.6 Å². The summed E-state index contributed by atoms with van der Waals surface area (Å²) in [6, 6.07) is 10.4. The third kappa shape index (κ3) is 3.50. The van der Waals surface area contributed by atoms with Gasteiger partial charge in [-0.25, -0.2) is 4.39 Å². The first kappa shape index (κ1) is 14.8. The van der Waals surface area contributed by atoms with Crippen LogP contribution in [0.2, 0.25) is 5.02 Å². The predicted molar refractivity (Wildman–Crippen MR) is 79.5 cm³/mol. The van der Waals surface area contributed by atoms with E-state index in [2.05, 4.69) is 0 Å². The maximum atomic E-state index is 13.1. The van der Waals surface area contributed by atoms with Gasteiger partial charge in [0.1, 0.15) is 18.2 Å². The third-order valence-corrected chi connectivity index (χ3v) is 3.33. The fourth-order valence-corrected chi connectivity index (χ4v) is 2.14. The minimum atomic E-state index is -0.428. The Morgan fingerprint density at radius 1 is 1.25 bits per heavy atom. The average molecular weight is 294 g/mol. The summed E-state index contributed by atoms with van der Waals surface area (Å²) in [5, 5.41) is 0.0998. The Labute approximate surface area is 123 Å². The highest BCUT2D eigenvalue weighted by molar-refractivity contribution is 6.30. The third-order valence-electron chi connectivity index (χ3n) is 3.04. The number of ether oxygens (including phenoxy) is 1. The molecule has 0 fully saturated rings. The number of hydrogen-bond donors (Lipinski definition) is 1. The van der Waals surface area contributed by atoms with Crippen LogP contribution < -0.4 is 10.5 Å². The van der Waals surface area contributed by atoms with Crippen molar-refractivity contribution in [2.75, 3.05) is 0 Å². The SMILES string of the molecule is Cc1ccc(C(C)N)c(OCc2ccc(F)c(Cl)c2)c1. The summed E-state index contributed by atoms with van der Waals surface area (Å²) in [4.78, 5) is 0. The molecule has 0 aliphatic rings. The van der Waals surface area contributed by atoms with Crippen molar-refractivity contribution in [1.82, 2.24) is 0 Å². The van der Waals surface area contributed by atoms with Gasteiger partial charge in [-0.05, 0) is 43.2 Å². The van der Waals surface area contributed by atoms with Crippen LogP contribution in [0.1, 0.15) is 29.7 Å². The highest BCUT2D eigenvalue weighted by Gasteiger charge is 2.09. The van der Waals surface area contributed by atoms with Gasteiger partial charge >= 0.3 is 0 Å². The van der Waals surface area contributed by atoms with Crippen LogP contribution in [-0.2, 0) is 6.61 Å². The van der Waals surface area contributed by atoms with Gasteiger partial charge in [0, 0.05) is 11.6 Å². The molecule has 0 heterocycles.